The summed E-state index contributed by atoms with van der Waals surface area (Å²) < 4.78 is 6.08. The van der Waals surface area contributed by atoms with E-state index >= 15 is 0 Å². The summed E-state index contributed by atoms with van der Waals surface area (Å²) in [4.78, 5) is 2.13. The third-order valence-corrected chi connectivity index (χ3v) is 5.06. The Morgan fingerprint density at radius 1 is 1.00 bits per heavy atom. The molecule has 2 aromatic heterocycles. The fourth-order valence-electron chi connectivity index (χ4n) is 2.74. The Hall–Kier alpha value is -1.94. The van der Waals surface area contributed by atoms with Crippen molar-refractivity contribution in [2.75, 3.05) is 19.0 Å². The van der Waals surface area contributed by atoms with E-state index in [-0.39, 0.29) is 0 Å². The average molecular weight is 313 g/mol. The zero-order valence-electron chi connectivity index (χ0n) is 13.5. The molecular formula is C18H23N3S+2. The van der Waals surface area contributed by atoms with Gasteiger partial charge in [0, 0.05) is 44.9 Å². The van der Waals surface area contributed by atoms with Crippen LogP contribution in [-0.2, 0) is 13.1 Å². The number of benzene rings is 1. The number of hydrogen-bond donors (Lipinski definition) is 0. The molecule has 0 saturated carbocycles. The summed E-state index contributed by atoms with van der Waals surface area (Å²) in [6.45, 7) is 4.33. The van der Waals surface area contributed by atoms with E-state index in [0.717, 1.165) is 19.5 Å². The second kappa shape index (κ2) is 6.44. The Bertz CT molecular complexity index is 760. The molecule has 0 unspecified atom stereocenters. The van der Waals surface area contributed by atoms with E-state index in [4.69, 9.17) is 0 Å². The molecule has 0 radical (unpaired) electrons. The van der Waals surface area contributed by atoms with Crippen LogP contribution < -0.4 is 14.0 Å². The van der Waals surface area contributed by atoms with Crippen LogP contribution in [0.4, 0.5) is 5.69 Å². The van der Waals surface area contributed by atoms with Gasteiger partial charge >= 0.3 is 0 Å². The first-order chi connectivity index (χ1) is 10.6. The number of hydrogen-bond acceptors (Lipinski definition) is 2. The van der Waals surface area contributed by atoms with E-state index in [1.807, 2.05) is 11.3 Å². The zero-order chi connectivity index (χ0) is 15.5. The van der Waals surface area contributed by atoms with Crippen molar-refractivity contribution in [1.82, 2.24) is 0 Å². The second-order valence-electron chi connectivity index (χ2n) is 5.78. The molecule has 0 amide bonds. The number of para-hydroxylation sites is 1. The number of pyridine rings is 1. The van der Waals surface area contributed by atoms with Gasteiger partial charge in [-0.15, -0.1) is 0 Å². The minimum Gasteiger partial charge on any atom is -0.377 e. The van der Waals surface area contributed by atoms with Crippen molar-refractivity contribution in [3.05, 3.63) is 53.8 Å². The van der Waals surface area contributed by atoms with E-state index in [1.165, 1.54) is 20.9 Å². The number of aryl methyl sites for hydroxylation is 3. The molecule has 0 bridgehead atoms. The van der Waals surface area contributed by atoms with Gasteiger partial charge in [0.2, 0.25) is 10.5 Å². The number of rotatable bonds is 5. The van der Waals surface area contributed by atoms with Crippen molar-refractivity contribution in [2.24, 2.45) is 0 Å². The van der Waals surface area contributed by atoms with Crippen LogP contribution in [0.25, 0.3) is 10.2 Å². The number of thiazole rings is 1. The van der Waals surface area contributed by atoms with Gasteiger partial charge < -0.3 is 4.90 Å². The van der Waals surface area contributed by atoms with Crippen LogP contribution >= 0.6 is 11.3 Å². The van der Waals surface area contributed by atoms with Crippen molar-refractivity contribution >= 4 is 27.2 Å². The minimum absolute atomic E-state index is 1.05. The van der Waals surface area contributed by atoms with E-state index in [1.54, 1.807) is 0 Å². The lowest BCUT2D eigenvalue weighted by Crippen LogP contribution is -2.39. The van der Waals surface area contributed by atoms with Gasteiger partial charge in [0.1, 0.15) is 4.70 Å². The number of anilines is 1. The molecule has 1 aromatic carbocycles. The molecule has 3 nitrogen and oxygen atoms in total. The lowest BCUT2D eigenvalue weighted by Gasteiger charge is -2.10. The van der Waals surface area contributed by atoms with Crippen LogP contribution in [0.3, 0.4) is 0 Å². The predicted molar refractivity (Wildman–Crippen MR) is 92.3 cm³/mol. The van der Waals surface area contributed by atoms with Crippen molar-refractivity contribution in [2.45, 2.75) is 26.4 Å². The highest BCUT2D eigenvalue weighted by atomic mass is 32.1. The molecule has 0 atom stereocenters. The Morgan fingerprint density at radius 3 is 2.45 bits per heavy atom. The lowest BCUT2D eigenvalue weighted by molar-refractivity contribution is -0.717. The molecule has 2 heterocycles. The third kappa shape index (κ3) is 3.12. The van der Waals surface area contributed by atoms with Gasteiger partial charge in [0.15, 0.2) is 25.5 Å². The van der Waals surface area contributed by atoms with E-state index < -0.39 is 0 Å². The van der Waals surface area contributed by atoms with Crippen LogP contribution in [0.15, 0.2) is 48.8 Å². The molecule has 22 heavy (non-hydrogen) atoms. The van der Waals surface area contributed by atoms with Gasteiger partial charge in [-0.1, -0.05) is 23.5 Å². The molecule has 114 valence electrons. The largest absolute Gasteiger partial charge is 0.377 e. The van der Waals surface area contributed by atoms with Gasteiger partial charge in [-0.05, 0) is 6.07 Å². The first-order valence-corrected chi connectivity index (χ1v) is 8.51. The maximum absolute atomic E-state index is 2.44. The third-order valence-electron chi connectivity index (χ3n) is 3.98. The van der Waals surface area contributed by atoms with Gasteiger partial charge in [0.05, 0.1) is 6.42 Å². The van der Waals surface area contributed by atoms with Gasteiger partial charge in [-0.2, -0.15) is 4.57 Å². The number of nitrogens with zero attached hydrogens (tertiary/aromatic N) is 3. The highest BCUT2D eigenvalue weighted by molar-refractivity contribution is 7.18. The molecule has 0 aliphatic heterocycles. The first kappa shape index (κ1) is 15.0. The van der Waals surface area contributed by atoms with Gasteiger partial charge in [-0.25, -0.2) is 4.57 Å². The predicted octanol–water partition coefficient (Wildman–Crippen LogP) is 2.94. The second-order valence-corrected chi connectivity index (χ2v) is 7.02. The van der Waals surface area contributed by atoms with Crippen LogP contribution in [0.2, 0.25) is 0 Å². The molecule has 3 rings (SSSR count). The SMILES string of the molecule is Cc1sc2ccccc2[n+]1CCC[n+]1ccc(N(C)C)cc1. The summed E-state index contributed by atoms with van der Waals surface area (Å²) in [6, 6.07) is 13.0. The van der Waals surface area contributed by atoms with Crippen LogP contribution in [-0.4, -0.2) is 14.1 Å². The summed E-state index contributed by atoms with van der Waals surface area (Å²) in [6.07, 6.45) is 5.47. The standard InChI is InChI=1S/C18H23N3S/c1-15-21(17-7-4-5-8-18(17)22-15)12-6-11-20-13-9-16(10-14-20)19(2)3/h4-5,7-10,13-14H,6,11-12H2,1-3H3/q+2. The monoisotopic (exact) mass is 313 g/mol. The Morgan fingerprint density at radius 2 is 1.73 bits per heavy atom. The summed E-state index contributed by atoms with van der Waals surface area (Å²) in [7, 11) is 4.14. The van der Waals surface area contributed by atoms with Gasteiger partial charge in [-0.3, -0.25) is 0 Å². The highest BCUT2D eigenvalue weighted by Crippen LogP contribution is 2.19. The van der Waals surface area contributed by atoms with Crippen LogP contribution in [0.5, 0.6) is 0 Å². The smallest absolute Gasteiger partial charge is 0.235 e. The maximum Gasteiger partial charge on any atom is 0.235 e. The molecule has 0 aliphatic carbocycles. The summed E-state index contributed by atoms with van der Waals surface area (Å²) in [5.41, 5.74) is 2.60. The summed E-state index contributed by atoms with van der Waals surface area (Å²) in [5, 5.41) is 1.38. The first-order valence-electron chi connectivity index (χ1n) is 7.69. The highest BCUT2D eigenvalue weighted by Gasteiger charge is 2.16. The summed E-state index contributed by atoms with van der Waals surface area (Å²) >= 11 is 1.88. The number of aromatic nitrogens is 2. The topological polar surface area (TPSA) is 11.0 Å². The zero-order valence-corrected chi connectivity index (χ0v) is 14.3. The molecule has 0 fully saturated rings. The fraction of sp³-hybridized carbons (Fsp3) is 0.333. The normalized spacial score (nSPS) is 11.0. The molecule has 0 spiro atoms. The van der Waals surface area contributed by atoms with Crippen molar-refractivity contribution in [3.63, 3.8) is 0 Å². The van der Waals surface area contributed by atoms with Crippen molar-refractivity contribution < 1.29 is 9.13 Å². The fourth-order valence-corrected chi connectivity index (χ4v) is 3.78. The average Bonchev–Trinajstić information content (AvgIpc) is 2.84. The molecule has 0 N–H and O–H groups in total. The minimum atomic E-state index is 1.05. The maximum atomic E-state index is 2.44. The summed E-state index contributed by atoms with van der Waals surface area (Å²) in [5.74, 6) is 0. The quantitative estimate of drug-likeness (QED) is 0.659. The Kier molecular flexibility index (Phi) is 4.39. The Balaban J connectivity index is 1.66. The van der Waals surface area contributed by atoms with Gasteiger partial charge in [0.25, 0.3) is 0 Å². The number of fused-ring (bicyclic) bond motifs is 1. The molecule has 0 saturated heterocycles. The Labute approximate surface area is 136 Å². The van der Waals surface area contributed by atoms with E-state index in [0.29, 0.717) is 0 Å². The molecule has 3 aromatic rings. The van der Waals surface area contributed by atoms with Crippen molar-refractivity contribution in [3.8, 4) is 0 Å². The van der Waals surface area contributed by atoms with Crippen LogP contribution in [0, 0.1) is 6.92 Å². The van der Waals surface area contributed by atoms with E-state index in [2.05, 4.69) is 83.8 Å². The molecule has 0 aliphatic rings. The van der Waals surface area contributed by atoms with E-state index in [9.17, 15) is 0 Å². The van der Waals surface area contributed by atoms with Crippen molar-refractivity contribution in [1.29, 1.82) is 0 Å². The lowest BCUT2D eigenvalue weighted by atomic mass is 10.3. The molecular weight excluding hydrogens is 290 g/mol. The molecule has 4 heteroatoms. The van der Waals surface area contributed by atoms with Crippen LogP contribution in [0.1, 0.15) is 11.4 Å².